The van der Waals surface area contributed by atoms with Crippen LogP contribution in [0.2, 0.25) is 0 Å². The number of hydrogen-bond acceptors (Lipinski definition) is 3. The molecule has 0 aliphatic carbocycles. The zero-order chi connectivity index (χ0) is 17.5. The molecule has 1 amide bonds. The van der Waals surface area contributed by atoms with Crippen LogP contribution >= 0.6 is 0 Å². The lowest BCUT2D eigenvalue weighted by Crippen LogP contribution is -2.43. The van der Waals surface area contributed by atoms with Crippen molar-refractivity contribution < 1.29 is 9.90 Å². The maximum absolute atomic E-state index is 12.6. The fourth-order valence-corrected chi connectivity index (χ4v) is 3.80. The Morgan fingerprint density at radius 1 is 1.42 bits per heavy atom. The molecule has 5 heteroatoms. The summed E-state index contributed by atoms with van der Waals surface area (Å²) >= 11 is 0. The Morgan fingerprint density at radius 2 is 2.12 bits per heavy atom. The van der Waals surface area contributed by atoms with Crippen molar-refractivity contribution in [2.75, 3.05) is 13.1 Å². The van der Waals surface area contributed by atoms with Crippen LogP contribution in [0.25, 0.3) is 11.0 Å². The lowest BCUT2D eigenvalue weighted by Gasteiger charge is -2.31. The Kier molecular flexibility index (Phi) is 4.38. The van der Waals surface area contributed by atoms with Crippen LogP contribution in [0.4, 0.5) is 0 Å². The highest BCUT2D eigenvalue weighted by Crippen LogP contribution is 2.34. The van der Waals surface area contributed by atoms with Gasteiger partial charge in [-0.05, 0) is 25.0 Å². The molecule has 0 saturated carbocycles. The topological polar surface area (TPSA) is 58.4 Å². The molecule has 1 aromatic carbocycles. The number of hydrogen-bond donors (Lipinski definition) is 1. The second-order valence-corrected chi connectivity index (χ2v) is 7.37. The first kappa shape index (κ1) is 17.0. The third-order valence-corrected chi connectivity index (χ3v) is 5.54. The lowest BCUT2D eigenvalue weighted by atomic mass is 9.82. The maximum atomic E-state index is 12.6. The highest BCUT2D eigenvalue weighted by molar-refractivity contribution is 5.78. The van der Waals surface area contributed by atoms with E-state index >= 15 is 0 Å². The summed E-state index contributed by atoms with van der Waals surface area (Å²) in [6, 6.07) is 8.00. The van der Waals surface area contributed by atoms with Crippen LogP contribution in [-0.4, -0.2) is 44.2 Å². The highest BCUT2D eigenvalue weighted by Gasteiger charge is 2.46. The van der Waals surface area contributed by atoms with Gasteiger partial charge in [-0.15, -0.1) is 0 Å². The third kappa shape index (κ3) is 2.81. The summed E-state index contributed by atoms with van der Waals surface area (Å²) in [6.45, 7) is 9.74. The number of aliphatic hydroxyl groups is 1. The smallest absolute Gasteiger partial charge is 0.224 e. The zero-order valence-corrected chi connectivity index (χ0v) is 15.0. The SMILES string of the molecule is Cc1nc2ccccc2n1CCC(=O)N1CC(C)[C@](O)(C(C)C)C1. The molecule has 1 aliphatic heterocycles. The van der Waals surface area contributed by atoms with Crippen LogP contribution in [0, 0.1) is 18.8 Å². The number of amides is 1. The Morgan fingerprint density at radius 3 is 2.79 bits per heavy atom. The first-order chi connectivity index (χ1) is 11.3. The van der Waals surface area contributed by atoms with Crippen LogP contribution in [0.15, 0.2) is 24.3 Å². The number of carbonyl (C=O) groups is 1. The van der Waals surface area contributed by atoms with Gasteiger partial charge in [0.1, 0.15) is 5.82 Å². The first-order valence-corrected chi connectivity index (χ1v) is 8.75. The van der Waals surface area contributed by atoms with Gasteiger partial charge in [0.2, 0.25) is 5.91 Å². The molecule has 1 unspecified atom stereocenters. The normalized spacial score (nSPS) is 24.2. The number of likely N-dealkylation sites (tertiary alicyclic amines) is 1. The van der Waals surface area contributed by atoms with Gasteiger partial charge < -0.3 is 14.6 Å². The van der Waals surface area contributed by atoms with Crippen LogP contribution in [0.1, 0.15) is 33.0 Å². The quantitative estimate of drug-likeness (QED) is 0.938. The number of nitrogens with zero attached hydrogens (tertiary/aromatic N) is 3. The van der Waals surface area contributed by atoms with E-state index in [1.165, 1.54) is 0 Å². The molecule has 1 fully saturated rings. The average molecular weight is 329 g/mol. The minimum absolute atomic E-state index is 0.107. The van der Waals surface area contributed by atoms with E-state index in [1.54, 1.807) is 0 Å². The van der Waals surface area contributed by atoms with Crippen molar-refractivity contribution >= 4 is 16.9 Å². The molecule has 2 aromatic rings. The second kappa shape index (κ2) is 6.20. The van der Waals surface area contributed by atoms with Gasteiger partial charge in [-0.3, -0.25) is 4.79 Å². The van der Waals surface area contributed by atoms with E-state index in [4.69, 9.17) is 0 Å². The number of imidazole rings is 1. The molecule has 1 aromatic heterocycles. The van der Waals surface area contributed by atoms with E-state index in [9.17, 15) is 9.90 Å². The highest BCUT2D eigenvalue weighted by atomic mass is 16.3. The van der Waals surface area contributed by atoms with Crippen molar-refractivity contribution in [3.05, 3.63) is 30.1 Å². The minimum Gasteiger partial charge on any atom is -0.387 e. The number of aromatic nitrogens is 2. The minimum atomic E-state index is -0.771. The van der Waals surface area contributed by atoms with E-state index in [-0.39, 0.29) is 17.7 Å². The predicted molar refractivity (Wildman–Crippen MR) is 94.6 cm³/mol. The maximum Gasteiger partial charge on any atom is 0.224 e. The van der Waals surface area contributed by atoms with E-state index < -0.39 is 5.60 Å². The number of fused-ring (bicyclic) bond motifs is 1. The molecule has 0 radical (unpaired) electrons. The van der Waals surface area contributed by atoms with Gasteiger partial charge >= 0.3 is 0 Å². The number of β-amino-alcohol motifs (C(OH)–C–C–N with tert-alkyl or cyclic N) is 1. The molecule has 130 valence electrons. The van der Waals surface area contributed by atoms with Gasteiger partial charge in [-0.2, -0.15) is 0 Å². The summed E-state index contributed by atoms with van der Waals surface area (Å²) in [5, 5.41) is 10.8. The summed E-state index contributed by atoms with van der Waals surface area (Å²) in [7, 11) is 0. The summed E-state index contributed by atoms with van der Waals surface area (Å²) in [4.78, 5) is 19.0. The van der Waals surface area contributed by atoms with Gasteiger partial charge in [0, 0.05) is 32.0 Å². The molecular weight excluding hydrogens is 302 g/mol. The molecule has 0 spiro atoms. The van der Waals surface area contributed by atoms with Gasteiger partial charge in [0.25, 0.3) is 0 Å². The summed E-state index contributed by atoms with van der Waals surface area (Å²) < 4.78 is 2.10. The van der Waals surface area contributed by atoms with Gasteiger partial charge in [0.15, 0.2) is 0 Å². The third-order valence-electron chi connectivity index (χ3n) is 5.54. The number of carbonyl (C=O) groups excluding carboxylic acids is 1. The fourth-order valence-electron chi connectivity index (χ4n) is 3.80. The Balaban J connectivity index is 1.69. The van der Waals surface area contributed by atoms with Crippen LogP contribution < -0.4 is 0 Å². The van der Waals surface area contributed by atoms with E-state index in [0.717, 1.165) is 16.9 Å². The monoisotopic (exact) mass is 329 g/mol. The molecule has 0 bridgehead atoms. The summed E-state index contributed by atoms with van der Waals surface area (Å²) in [6.07, 6.45) is 0.433. The standard InChI is InChI=1S/C19H27N3O2/c1-13(2)19(24)12-21(11-14(19)3)18(23)9-10-22-15(4)20-16-7-5-6-8-17(16)22/h5-8,13-14,24H,9-12H2,1-4H3/t14?,19-/m1/s1. The number of rotatable bonds is 4. The fraction of sp³-hybridized carbons (Fsp3) is 0.579. The van der Waals surface area contributed by atoms with Crippen molar-refractivity contribution in [3.8, 4) is 0 Å². The molecule has 5 nitrogen and oxygen atoms in total. The largest absolute Gasteiger partial charge is 0.387 e. The number of aryl methyl sites for hydroxylation is 2. The van der Waals surface area contributed by atoms with E-state index in [1.807, 2.05) is 56.9 Å². The van der Waals surface area contributed by atoms with Crippen molar-refractivity contribution in [2.24, 2.45) is 11.8 Å². The van der Waals surface area contributed by atoms with Crippen LogP contribution in [-0.2, 0) is 11.3 Å². The van der Waals surface area contributed by atoms with E-state index in [0.29, 0.717) is 26.1 Å². The molecular formula is C19H27N3O2. The second-order valence-electron chi connectivity index (χ2n) is 7.37. The van der Waals surface area contributed by atoms with E-state index in [2.05, 4.69) is 9.55 Å². The van der Waals surface area contributed by atoms with Crippen molar-refractivity contribution in [1.29, 1.82) is 0 Å². The summed E-state index contributed by atoms with van der Waals surface area (Å²) in [5.41, 5.74) is 1.26. The van der Waals surface area contributed by atoms with Crippen molar-refractivity contribution in [1.82, 2.24) is 14.5 Å². The average Bonchev–Trinajstić information content (AvgIpc) is 3.02. The predicted octanol–water partition coefficient (Wildman–Crippen LogP) is 2.60. The first-order valence-electron chi connectivity index (χ1n) is 8.75. The molecule has 1 N–H and O–H groups in total. The lowest BCUT2D eigenvalue weighted by molar-refractivity contribution is -0.131. The number of para-hydroxylation sites is 2. The molecule has 2 heterocycles. The number of benzene rings is 1. The Bertz CT molecular complexity index is 752. The Hall–Kier alpha value is -1.88. The van der Waals surface area contributed by atoms with Gasteiger partial charge in [-0.25, -0.2) is 4.98 Å². The van der Waals surface area contributed by atoms with Crippen LogP contribution in [0.3, 0.4) is 0 Å². The Labute approximate surface area is 143 Å². The molecule has 2 atom stereocenters. The molecule has 3 rings (SSSR count). The molecule has 24 heavy (non-hydrogen) atoms. The van der Waals surface area contributed by atoms with Gasteiger partial charge in [0.05, 0.1) is 16.6 Å². The summed E-state index contributed by atoms with van der Waals surface area (Å²) in [5.74, 6) is 1.29. The molecule has 1 aliphatic rings. The zero-order valence-electron chi connectivity index (χ0n) is 15.0. The van der Waals surface area contributed by atoms with Crippen molar-refractivity contribution in [3.63, 3.8) is 0 Å². The molecule has 1 saturated heterocycles. The van der Waals surface area contributed by atoms with Gasteiger partial charge in [-0.1, -0.05) is 32.9 Å². The van der Waals surface area contributed by atoms with Crippen molar-refractivity contribution in [2.45, 2.75) is 46.3 Å². The van der Waals surface area contributed by atoms with Crippen LogP contribution in [0.5, 0.6) is 0 Å².